The second kappa shape index (κ2) is 7.65. The van der Waals surface area contributed by atoms with E-state index < -0.39 is 0 Å². The molecule has 106 valence electrons. The van der Waals surface area contributed by atoms with Crippen molar-refractivity contribution in [3.63, 3.8) is 0 Å². The first-order valence-electron chi connectivity index (χ1n) is 7.23. The van der Waals surface area contributed by atoms with E-state index >= 15 is 0 Å². The van der Waals surface area contributed by atoms with Crippen LogP contribution in [0.1, 0.15) is 30.6 Å². The number of likely N-dealkylation sites (N-methyl/N-ethyl adjacent to an activating group) is 1. The van der Waals surface area contributed by atoms with Crippen LogP contribution in [0, 0.1) is 5.92 Å². The number of nitrogens with one attached hydrogen (secondary N) is 1. The molecule has 1 aliphatic rings. The van der Waals surface area contributed by atoms with E-state index in [1.807, 2.05) is 11.9 Å². The molecule has 0 saturated carbocycles. The molecule has 1 aromatic heterocycles. The molecule has 1 N–H and O–H groups in total. The van der Waals surface area contributed by atoms with Crippen LogP contribution in [0.3, 0.4) is 0 Å². The van der Waals surface area contributed by atoms with Gasteiger partial charge < -0.3 is 10.2 Å². The van der Waals surface area contributed by atoms with E-state index in [1.54, 1.807) is 11.3 Å². The van der Waals surface area contributed by atoms with Crippen LogP contribution in [-0.4, -0.2) is 37.5 Å². The van der Waals surface area contributed by atoms with Gasteiger partial charge in [0.2, 0.25) is 5.91 Å². The summed E-state index contributed by atoms with van der Waals surface area (Å²) in [6.07, 6.45) is 5.21. The van der Waals surface area contributed by atoms with E-state index in [9.17, 15) is 4.79 Å². The smallest absolute Gasteiger partial charge is 0.222 e. The molecular weight excluding hydrogens is 256 g/mol. The molecule has 0 aliphatic carbocycles. The monoisotopic (exact) mass is 280 g/mol. The Morgan fingerprint density at radius 1 is 1.47 bits per heavy atom. The molecule has 1 saturated heterocycles. The van der Waals surface area contributed by atoms with Crippen molar-refractivity contribution in [2.75, 3.05) is 26.7 Å². The number of rotatable bonds is 6. The number of nitrogens with zero attached hydrogens (tertiary/aromatic N) is 1. The molecular formula is C15H24N2OS. The third-order valence-corrected chi connectivity index (χ3v) is 4.86. The summed E-state index contributed by atoms with van der Waals surface area (Å²) < 4.78 is 0. The fourth-order valence-corrected chi connectivity index (χ4v) is 3.24. The fraction of sp³-hybridized carbons (Fsp3) is 0.667. The lowest BCUT2D eigenvalue weighted by Gasteiger charge is -2.23. The molecule has 0 radical (unpaired) electrons. The molecule has 19 heavy (non-hydrogen) atoms. The fourth-order valence-electron chi connectivity index (χ4n) is 2.55. The van der Waals surface area contributed by atoms with Crippen molar-refractivity contribution in [2.24, 2.45) is 5.92 Å². The second-order valence-electron chi connectivity index (χ2n) is 5.38. The summed E-state index contributed by atoms with van der Waals surface area (Å²) >= 11 is 1.77. The highest BCUT2D eigenvalue weighted by Crippen LogP contribution is 2.18. The Kier molecular flexibility index (Phi) is 5.86. The Hall–Kier alpha value is -0.870. The molecule has 0 unspecified atom stereocenters. The van der Waals surface area contributed by atoms with Crippen molar-refractivity contribution in [1.82, 2.24) is 10.2 Å². The van der Waals surface area contributed by atoms with Gasteiger partial charge in [-0.05, 0) is 56.1 Å². The molecule has 1 aromatic rings. The van der Waals surface area contributed by atoms with Gasteiger partial charge in [-0.1, -0.05) is 6.07 Å². The third kappa shape index (κ3) is 4.96. The lowest BCUT2D eigenvalue weighted by Crippen LogP contribution is -2.31. The number of piperidine rings is 1. The molecule has 1 fully saturated rings. The van der Waals surface area contributed by atoms with E-state index in [4.69, 9.17) is 0 Å². The van der Waals surface area contributed by atoms with Crippen LogP contribution in [0.25, 0.3) is 0 Å². The van der Waals surface area contributed by atoms with Crippen molar-refractivity contribution in [2.45, 2.75) is 32.1 Å². The maximum absolute atomic E-state index is 12.1. The van der Waals surface area contributed by atoms with Crippen LogP contribution < -0.4 is 5.32 Å². The van der Waals surface area contributed by atoms with E-state index in [2.05, 4.69) is 22.8 Å². The Bertz CT molecular complexity index is 372. The van der Waals surface area contributed by atoms with Crippen LogP contribution in [0.2, 0.25) is 0 Å². The first-order valence-corrected chi connectivity index (χ1v) is 8.10. The second-order valence-corrected chi connectivity index (χ2v) is 6.41. The zero-order valence-corrected chi connectivity index (χ0v) is 12.5. The number of thiophene rings is 1. The van der Waals surface area contributed by atoms with Gasteiger partial charge in [-0.2, -0.15) is 0 Å². The average Bonchev–Trinajstić information content (AvgIpc) is 2.96. The number of carbonyl (C=O) groups is 1. The van der Waals surface area contributed by atoms with Crippen molar-refractivity contribution in [1.29, 1.82) is 0 Å². The van der Waals surface area contributed by atoms with E-state index in [1.165, 1.54) is 17.7 Å². The van der Waals surface area contributed by atoms with Crippen molar-refractivity contribution >= 4 is 17.2 Å². The van der Waals surface area contributed by atoms with E-state index in [-0.39, 0.29) is 0 Å². The minimum atomic E-state index is 0.301. The molecule has 1 aliphatic heterocycles. The molecule has 2 heterocycles. The van der Waals surface area contributed by atoms with Gasteiger partial charge in [-0.3, -0.25) is 4.79 Å². The van der Waals surface area contributed by atoms with Gasteiger partial charge in [0.25, 0.3) is 0 Å². The largest absolute Gasteiger partial charge is 0.345 e. The first-order chi connectivity index (χ1) is 9.25. The molecule has 4 heteroatoms. The Morgan fingerprint density at radius 3 is 2.95 bits per heavy atom. The quantitative estimate of drug-likeness (QED) is 0.868. The predicted molar refractivity (Wildman–Crippen MR) is 80.5 cm³/mol. The molecule has 3 nitrogen and oxygen atoms in total. The highest BCUT2D eigenvalue weighted by Gasteiger charge is 2.16. The van der Waals surface area contributed by atoms with Crippen molar-refractivity contribution < 1.29 is 4.79 Å². The maximum atomic E-state index is 12.1. The molecule has 0 spiro atoms. The van der Waals surface area contributed by atoms with Gasteiger partial charge >= 0.3 is 0 Å². The molecule has 1 amide bonds. The molecule has 0 bridgehead atoms. The Labute approximate surface area is 120 Å². The van der Waals surface area contributed by atoms with Crippen LogP contribution >= 0.6 is 11.3 Å². The van der Waals surface area contributed by atoms with Crippen LogP contribution in [0.4, 0.5) is 0 Å². The Balaban J connectivity index is 1.64. The van der Waals surface area contributed by atoms with Crippen LogP contribution in [-0.2, 0) is 11.2 Å². The summed E-state index contributed by atoms with van der Waals surface area (Å²) in [6.45, 7) is 3.08. The van der Waals surface area contributed by atoms with E-state index in [0.717, 1.165) is 38.4 Å². The zero-order chi connectivity index (χ0) is 13.5. The number of amides is 1. The minimum absolute atomic E-state index is 0.301. The summed E-state index contributed by atoms with van der Waals surface area (Å²) in [7, 11) is 1.93. The summed E-state index contributed by atoms with van der Waals surface area (Å²) in [4.78, 5) is 15.3. The summed E-state index contributed by atoms with van der Waals surface area (Å²) in [6, 6.07) is 4.21. The maximum Gasteiger partial charge on any atom is 0.222 e. The van der Waals surface area contributed by atoms with E-state index in [0.29, 0.717) is 12.3 Å². The van der Waals surface area contributed by atoms with Crippen molar-refractivity contribution in [3.05, 3.63) is 22.4 Å². The number of hydrogen-bond acceptors (Lipinski definition) is 3. The highest BCUT2D eigenvalue weighted by atomic mass is 32.1. The van der Waals surface area contributed by atoms with Crippen LogP contribution in [0.15, 0.2) is 17.5 Å². The van der Waals surface area contributed by atoms with Gasteiger partial charge in [0.05, 0.1) is 0 Å². The zero-order valence-electron chi connectivity index (χ0n) is 11.7. The lowest BCUT2D eigenvalue weighted by molar-refractivity contribution is -0.130. The van der Waals surface area contributed by atoms with Gasteiger partial charge in [0, 0.05) is 24.9 Å². The van der Waals surface area contributed by atoms with Crippen molar-refractivity contribution in [3.8, 4) is 0 Å². The SMILES string of the molecule is CN(CCc1cccs1)C(=O)CCC1CCNCC1. The highest BCUT2D eigenvalue weighted by molar-refractivity contribution is 7.09. The topological polar surface area (TPSA) is 32.3 Å². The Morgan fingerprint density at radius 2 is 2.26 bits per heavy atom. The predicted octanol–water partition coefficient (Wildman–Crippen LogP) is 2.53. The average molecular weight is 280 g/mol. The summed E-state index contributed by atoms with van der Waals surface area (Å²) in [5.41, 5.74) is 0. The first kappa shape index (κ1) is 14.5. The number of hydrogen-bond donors (Lipinski definition) is 1. The van der Waals surface area contributed by atoms with Gasteiger partial charge in [0.15, 0.2) is 0 Å². The van der Waals surface area contributed by atoms with Gasteiger partial charge in [0.1, 0.15) is 0 Å². The lowest BCUT2D eigenvalue weighted by atomic mass is 9.93. The third-order valence-electron chi connectivity index (χ3n) is 3.92. The molecule has 2 rings (SSSR count). The van der Waals surface area contributed by atoms with Crippen LogP contribution in [0.5, 0.6) is 0 Å². The van der Waals surface area contributed by atoms with Gasteiger partial charge in [-0.25, -0.2) is 0 Å². The summed E-state index contributed by atoms with van der Waals surface area (Å²) in [5, 5.41) is 5.46. The normalized spacial score (nSPS) is 16.5. The van der Waals surface area contributed by atoms with Gasteiger partial charge in [-0.15, -0.1) is 11.3 Å². The minimum Gasteiger partial charge on any atom is -0.345 e. The molecule has 0 atom stereocenters. The standard InChI is InChI=1S/C15H24N2OS/c1-17(11-8-14-3-2-12-19-14)15(18)5-4-13-6-9-16-10-7-13/h2-3,12-13,16H,4-11H2,1H3. The summed E-state index contributed by atoms with van der Waals surface area (Å²) in [5.74, 6) is 1.05. The number of carbonyl (C=O) groups excluding carboxylic acids is 1. The molecule has 0 aromatic carbocycles.